The molecule has 1 unspecified atom stereocenters. The monoisotopic (exact) mass is 1310 g/mol. The molecule has 12 aromatic rings. The molecule has 6 aliphatic rings. The molecule has 12 aromatic carbocycles. The van der Waals surface area contributed by atoms with Crippen LogP contribution in [-0.4, -0.2) is 0 Å². The molecule has 0 spiro atoms. The molecule has 0 radical (unpaired) electrons. The molecule has 1 atom stereocenters. The standard InChI is InChI=1S/C19H16.C13H9Br.C13H9Cl.C13H9F.C13H9I.C11H12/c1-19(2)16-10-6-5-9-15(16)18-14-8-4-3-7-13(14)11-12-17(18)19;4*14-13-11-7-3-1-5-9(11)10-6-2-4-8-12(10)13;1-8-3-5-10-6-4-9(2)11(10)7-8/h3-12H,1-2H3;4*1-8,13H;3-7,9H,1-2H3. The minimum atomic E-state index is -0.942. The second-order valence-corrected chi connectivity index (χ2v) is 25.9. The molecule has 0 aromatic heterocycles. The molecule has 0 fully saturated rings. The van der Waals surface area contributed by atoms with Gasteiger partial charge in [0.25, 0.3) is 0 Å². The molecule has 0 saturated heterocycles. The van der Waals surface area contributed by atoms with Gasteiger partial charge in [0.05, 0.1) is 14.1 Å². The Kier molecular flexibility index (Phi) is 16.2. The summed E-state index contributed by atoms with van der Waals surface area (Å²) in [6.45, 7) is 9.03. The zero-order valence-corrected chi connectivity index (χ0v) is 53.0. The maximum atomic E-state index is 13.9. The van der Waals surface area contributed by atoms with Crippen LogP contribution in [0.2, 0.25) is 0 Å². The largest absolute Gasteiger partial charge is 0.237 e. The van der Waals surface area contributed by atoms with Crippen LogP contribution in [0.25, 0.3) is 72.5 Å². The van der Waals surface area contributed by atoms with Crippen LogP contribution in [0.3, 0.4) is 0 Å². The maximum absolute atomic E-state index is 13.9. The first-order valence-corrected chi connectivity index (χ1v) is 32.3. The molecular weight excluding hydrogens is 1250 g/mol. The third-order valence-corrected chi connectivity index (χ3v) is 20.6. The van der Waals surface area contributed by atoms with E-state index in [1.165, 1.54) is 116 Å². The first-order chi connectivity index (χ1) is 42.0. The van der Waals surface area contributed by atoms with Crippen molar-refractivity contribution in [2.24, 2.45) is 0 Å². The van der Waals surface area contributed by atoms with Crippen molar-refractivity contribution in [2.75, 3.05) is 0 Å². The molecular formula is C82H64BrClFI. The second kappa shape index (κ2) is 24.4. The second-order valence-electron chi connectivity index (χ2n) is 23.3. The van der Waals surface area contributed by atoms with Gasteiger partial charge in [0.15, 0.2) is 6.17 Å². The number of rotatable bonds is 0. The highest BCUT2D eigenvalue weighted by Gasteiger charge is 2.36. The Bertz CT molecular complexity index is 3980. The number of benzene rings is 12. The van der Waals surface area contributed by atoms with Crippen molar-refractivity contribution in [3.8, 4) is 55.6 Å². The Morgan fingerprint density at radius 3 is 1.30 bits per heavy atom. The fraction of sp³-hybridized carbons (Fsp3) is 0.122. The number of fused-ring (bicyclic) bond motifs is 18. The van der Waals surface area contributed by atoms with E-state index in [0.29, 0.717) is 14.7 Å². The third-order valence-electron chi connectivity index (χ3n) is 17.8. The van der Waals surface area contributed by atoms with E-state index in [1.54, 1.807) is 0 Å². The van der Waals surface area contributed by atoms with Gasteiger partial charge in [-0.1, -0.05) is 350 Å². The fourth-order valence-corrected chi connectivity index (χ4v) is 15.7. The van der Waals surface area contributed by atoms with Gasteiger partial charge in [-0.05, 0) is 146 Å². The lowest BCUT2D eigenvalue weighted by Crippen LogP contribution is -2.14. The zero-order chi connectivity index (χ0) is 59.1. The normalized spacial score (nSPS) is 15.0. The van der Waals surface area contributed by atoms with Crippen LogP contribution >= 0.6 is 50.1 Å². The molecule has 0 heterocycles. The Balaban J connectivity index is 0.0000000964. The fourth-order valence-electron chi connectivity index (χ4n) is 13.4. The summed E-state index contributed by atoms with van der Waals surface area (Å²) in [5, 5.41) is 2.73. The van der Waals surface area contributed by atoms with E-state index in [2.05, 4.69) is 291 Å². The van der Waals surface area contributed by atoms with E-state index in [9.17, 15) is 4.39 Å². The Hall–Kier alpha value is -7.93. The Morgan fingerprint density at radius 2 is 0.791 bits per heavy atom. The minimum Gasteiger partial charge on any atom is -0.237 e. The van der Waals surface area contributed by atoms with Gasteiger partial charge in [-0.3, -0.25) is 0 Å². The SMILES string of the molecule is BrC1c2ccccc2-c2ccccc21.CC1(C)c2ccccc2-c2c1ccc1ccccc21.Cc1ccc2c(c1)C(C)C=C2.ClC1c2ccccc2-c2ccccc21.FC1c2ccccc2-c2ccccc21.IC1c2ccccc2-c2ccccc21. The van der Waals surface area contributed by atoms with Crippen LogP contribution in [0.15, 0.2) is 279 Å². The third kappa shape index (κ3) is 10.6. The van der Waals surface area contributed by atoms with Gasteiger partial charge < -0.3 is 0 Å². The van der Waals surface area contributed by atoms with Gasteiger partial charge in [-0.2, -0.15) is 0 Å². The Labute approximate surface area is 533 Å². The van der Waals surface area contributed by atoms with E-state index in [4.69, 9.17) is 11.6 Å². The van der Waals surface area contributed by atoms with E-state index in [-0.39, 0.29) is 10.8 Å². The molecule has 0 saturated carbocycles. The molecule has 0 amide bonds. The van der Waals surface area contributed by atoms with Crippen molar-refractivity contribution in [3.05, 3.63) is 351 Å². The average Bonchev–Trinajstić information content (AvgIpc) is 1.72. The van der Waals surface area contributed by atoms with Gasteiger partial charge in [0, 0.05) is 5.41 Å². The van der Waals surface area contributed by atoms with Crippen molar-refractivity contribution in [1.82, 2.24) is 0 Å². The molecule has 86 heavy (non-hydrogen) atoms. The lowest BCUT2D eigenvalue weighted by atomic mass is 9.82. The van der Waals surface area contributed by atoms with E-state index in [1.807, 2.05) is 60.7 Å². The van der Waals surface area contributed by atoms with Crippen molar-refractivity contribution < 1.29 is 4.39 Å². The predicted molar refractivity (Wildman–Crippen MR) is 375 cm³/mol. The number of aryl methyl sites for hydroxylation is 1. The molecule has 0 nitrogen and oxygen atoms in total. The lowest BCUT2D eigenvalue weighted by molar-refractivity contribution is 0.410. The van der Waals surface area contributed by atoms with E-state index < -0.39 is 6.17 Å². The summed E-state index contributed by atoms with van der Waals surface area (Å²) < 4.78 is 14.4. The van der Waals surface area contributed by atoms with Crippen LogP contribution < -0.4 is 0 Å². The summed E-state index contributed by atoms with van der Waals surface area (Å²) >= 11 is 12.6. The van der Waals surface area contributed by atoms with Gasteiger partial charge in [-0.25, -0.2) is 4.39 Å². The number of halogens is 4. The molecule has 6 aliphatic carbocycles. The van der Waals surface area contributed by atoms with Crippen LogP contribution in [0, 0.1) is 6.92 Å². The highest BCUT2D eigenvalue weighted by molar-refractivity contribution is 14.1. The average molecular weight is 1310 g/mol. The van der Waals surface area contributed by atoms with Crippen molar-refractivity contribution in [2.45, 2.75) is 59.3 Å². The molecule has 0 bridgehead atoms. The predicted octanol–water partition coefficient (Wildman–Crippen LogP) is 24.3. The summed E-state index contributed by atoms with van der Waals surface area (Å²) in [6.07, 6.45) is 3.52. The van der Waals surface area contributed by atoms with Crippen molar-refractivity contribution >= 4 is 67.0 Å². The van der Waals surface area contributed by atoms with Crippen molar-refractivity contribution in [3.63, 3.8) is 0 Å². The number of hydrogen-bond donors (Lipinski definition) is 0. The summed E-state index contributed by atoms with van der Waals surface area (Å²) in [4.78, 5) is 0.370. The smallest absolute Gasteiger partial charge is 0.151 e. The summed E-state index contributed by atoms with van der Waals surface area (Å²) in [5.74, 6) is 0.616. The van der Waals surface area contributed by atoms with Crippen LogP contribution in [0.1, 0.15) is 119 Å². The molecule has 0 N–H and O–H groups in total. The summed E-state index contributed by atoms with van der Waals surface area (Å²) in [7, 11) is 0. The van der Waals surface area contributed by atoms with Crippen LogP contribution in [-0.2, 0) is 5.41 Å². The highest BCUT2D eigenvalue weighted by Crippen LogP contribution is 2.53. The molecule has 0 aliphatic heterocycles. The maximum Gasteiger partial charge on any atom is 0.151 e. The molecule has 18 rings (SSSR count). The highest BCUT2D eigenvalue weighted by atomic mass is 127. The molecule has 4 heteroatoms. The van der Waals surface area contributed by atoms with Crippen molar-refractivity contribution in [1.29, 1.82) is 0 Å². The van der Waals surface area contributed by atoms with Crippen LogP contribution in [0.5, 0.6) is 0 Å². The summed E-state index contributed by atoms with van der Waals surface area (Å²) in [6, 6.07) is 95.3. The van der Waals surface area contributed by atoms with E-state index >= 15 is 0 Å². The van der Waals surface area contributed by atoms with E-state index in [0.717, 1.165) is 22.3 Å². The first kappa shape index (κ1) is 57.2. The van der Waals surface area contributed by atoms with Gasteiger partial charge in [0.2, 0.25) is 0 Å². The minimum absolute atomic E-state index is 0.0300. The molecule has 420 valence electrons. The lowest BCUT2D eigenvalue weighted by Gasteiger charge is -2.21. The zero-order valence-electron chi connectivity index (χ0n) is 48.5. The summed E-state index contributed by atoms with van der Waals surface area (Å²) in [5.41, 5.74) is 30.0. The number of alkyl halides is 4. The van der Waals surface area contributed by atoms with Gasteiger partial charge >= 0.3 is 0 Å². The Morgan fingerprint density at radius 1 is 0.407 bits per heavy atom. The quantitative estimate of drug-likeness (QED) is 0.105. The first-order valence-electron chi connectivity index (χ1n) is 29.7. The number of allylic oxidation sites excluding steroid dienone is 1. The van der Waals surface area contributed by atoms with Gasteiger partial charge in [-0.15, -0.1) is 11.6 Å². The van der Waals surface area contributed by atoms with Crippen LogP contribution in [0.4, 0.5) is 4.39 Å². The van der Waals surface area contributed by atoms with Gasteiger partial charge in [0.1, 0.15) is 0 Å². The number of hydrogen-bond acceptors (Lipinski definition) is 0. The topological polar surface area (TPSA) is 0 Å².